The van der Waals surface area contributed by atoms with Crippen LogP contribution in [0.25, 0.3) is 0 Å². The highest BCUT2D eigenvalue weighted by Crippen LogP contribution is 2.09. The van der Waals surface area contributed by atoms with Gasteiger partial charge in [-0.1, -0.05) is 18.7 Å². The minimum atomic E-state index is -0.420. The molecule has 0 radical (unpaired) electrons. The molecule has 1 aromatic carbocycles. The Kier molecular flexibility index (Phi) is 5.73. The van der Waals surface area contributed by atoms with Crippen LogP contribution in [0.4, 0.5) is 0 Å². The fourth-order valence-electron chi connectivity index (χ4n) is 1.45. The summed E-state index contributed by atoms with van der Waals surface area (Å²) in [4.78, 5) is 10.8. The zero-order valence-electron chi connectivity index (χ0n) is 10.1. The number of phenolic OH excluding ortho intramolecular Hbond substituents is 1. The molecule has 0 bridgehead atoms. The van der Waals surface area contributed by atoms with Crippen LogP contribution in [0.5, 0.6) is 5.75 Å². The van der Waals surface area contributed by atoms with E-state index in [0.29, 0.717) is 13.0 Å². The van der Waals surface area contributed by atoms with Crippen molar-refractivity contribution in [2.45, 2.75) is 19.3 Å². The molecule has 1 amide bonds. The molecule has 1 aromatic rings. The molecule has 1 rings (SSSR count). The SMILES string of the molecule is C=C(CCC(=O)NO)NCCc1ccc(O)cc1. The Hall–Kier alpha value is -2.01. The highest BCUT2D eigenvalue weighted by Gasteiger charge is 2.01. The van der Waals surface area contributed by atoms with E-state index in [2.05, 4.69) is 11.9 Å². The summed E-state index contributed by atoms with van der Waals surface area (Å²) in [5, 5.41) is 20.6. The van der Waals surface area contributed by atoms with Gasteiger partial charge in [0.15, 0.2) is 0 Å². The van der Waals surface area contributed by atoms with Gasteiger partial charge in [0.2, 0.25) is 5.91 Å². The van der Waals surface area contributed by atoms with E-state index in [9.17, 15) is 4.79 Å². The molecule has 0 spiro atoms. The van der Waals surface area contributed by atoms with E-state index in [1.54, 1.807) is 17.6 Å². The number of carbonyl (C=O) groups is 1. The van der Waals surface area contributed by atoms with Gasteiger partial charge in [-0.3, -0.25) is 10.0 Å². The molecule has 4 N–H and O–H groups in total. The number of carbonyl (C=O) groups excluding carboxylic acids is 1. The number of hydrogen-bond acceptors (Lipinski definition) is 4. The van der Waals surface area contributed by atoms with Crippen molar-refractivity contribution in [1.82, 2.24) is 10.8 Å². The fraction of sp³-hybridized carbons (Fsp3) is 0.308. The van der Waals surface area contributed by atoms with Gasteiger partial charge in [-0.2, -0.15) is 0 Å². The van der Waals surface area contributed by atoms with Crippen LogP contribution in [0.15, 0.2) is 36.5 Å². The van der Waals surface area contributed by atoms with Crippen molar-refractivity contribution in [3.8, 4) is 5.75 Å². The van der Waals surface area contributed by atoms with Crippen molar-refractivity contribution in [3.63, 3.8) is 0 Å². The van der Waals surface area contributed by atoms with E-state index in [1.165, 1.54) is 0 Å². The molecule has 0 heterocycles. The van der Waals surface area contributed by atoms with Crippen molar-refractivity contribution in [1.29, 1.82) is 0 Å². The molecule has 98 valence electrons. The number of amides is 1. The second-order valence-electron chi connectivity index (χ2n) is 3.98. The summed E-state index contributed by atoms with van der Waals surface area (Å²) in [6.07, 6.45) is 1.51. The predicted molar refractivity (Wildman–Crippen MR) is 68.1 cm³/mol. The lowest BCUT2D eigenvalue weighted by atomic mass is 10.1. The molecule has 0 aliphatic rings. The van der Waals surface area contributed by atoms with Gasteiger partial charge in [-0.15, -0.1) is 0 Å². The first kappa shape index (κ1) is 14.1. The Morgan fingerprint density at radius 1 is 1.22 bits per heavy atom. The number of hydroxylamine groups is 1. The third-order valence-corrected chi connectivity index (χ3v) is 2.50. The molecular weight excluding hydrogens is 232 g/mol. The summed E-state index contributed by atoms with van der Waals surface area (Å²) >= 11 is 0. The Morgan fingerprint density at radius 3 is 2.50 bits per heavy atom. The van der Waals surface area contributed by atoms with Crippen LogP contribution in [-0.4, -0.2) is 22.8 Å². The summed E-state index contributed by atoms with van der Waals surface area (Å²) in [6, 6.07) is 7.02. The zero-order valence-corrected chi connectivity index (χ0v) is 10.1. The lowest BCUT2D eigenvalue weighted by Gasteiger charge is -2.09. The van der Waals surface area contributed by atoms with Crippen LogP contribution < -0.4 is 10.8 Å². The molecule has 0 saturated heterocycles. The molecule has 18 heavy (non-hydrogen) atoms. The first-order chi connectivity index (χ1) is 8.61. The monoisotopic (exact) mass is 250 g/mol. The lowest BCUT2D eigenvalue weighted by Crippen LogP contribution is -2.21. The third kappa shape index (κ3) is 5.36. The van der Waals surface area contributed by atoms with Crippen molar-refractivity contribution in [2.24, 2.45) is 0 Å². The lowest BCUT2D eigenvalue weighted by molar-refractivity contribution is -0.129. The largest absolute Gasteiger partial charge is 0.508 e. The van der Waals surface area contributed by atoms with E-state index in [4.69, 9.17) is 10.3 Å². The standard InChI is InChI=1S/C13H18N2O3/c1-10(2-7-13(17)15-18)14-9-8-11-3-5-12(16)6-4-11/h3-6,14,16,18H,1-2,7-9H2,(H,15,17). The Labute approximate surface area is 106 Å². The van der Waals surface area contributed by atoms with Crippen LogP contribution in [0, 0.1) is 0 Å². The number of nitrogens with one attached hydrogen (secondary N) is 2. The summed E-state index contributed by atoms with van der Waals surface area (Å²) in [5.74, 6) is -0.164. The minimum Gasteiger partial charge on any atom is -0.508 e. The Morgan fingerprint density at radius 2 is 1.89 bits per heavy atom. The molecule has 0 aliphatic carbocycles. The number of aromatic hydroxyl groups is 1. The van der Waals surface area contributed by atoms with E-state index in [1.807, 2.05) is 12.1 Å². The summed E-state index contributed by atoms with van der Waals surface area (Å²) in [7, 11) is 0. The van der Waals surface area contributed by atoms with Gasteiger partial charge >= 0.3 is 0 Å². The average Bonchev–Trinajstić information content (AvgIpc) is 2.38. The van der Waals surface area contributed by atoms with E-state index < -0.39 is 5.91 Å². The zero-order chi connectivity index (χ0) is 13.4. The fourth-order valence-corrected chi connectivity index (χ4v) is 1.45. The maximum Gasteiger partial charge on any atom is 0.243 e. The van der Waals surface area contributed by atoms with Crippen LogP contribution >= 0.6 is 0 Å². The molecule has 5 heteroatoms. The third-order valence-electron chi connectivity index (χ3n) is 2.50. The van der Waals surface area contributed by atoms with Gasteiger partial charge in [0, 0.05) is 18.7 Å². The molecule has 5 nitrogen and oxygen atoms in total. The Bertz CT molecular complexity index is 401. The van der Waals surface area contributed by atoms with E-state index in [0.717, 1.165) is 17.7 Å². The van der Waals surface area contributed by atoms with E-state index >= 15 is 0 Å². The number of hydrogen-bond donors (Lipinski definition) is 4. The maximum absolute atomic E-state index is 10.8. The van der Waals surface area contributed by atoms with Crippen LogP contribution in [0.1, 0.15) is 18.4 Å². The maximum atomic E-state index is 10.8. The van der Waals surface area contributed by atoms with Gasteiger partial charge in [-0.25, -0.2) is 5.48 Å². The molecule has 0 aromatic heterocycles. The van der Waals surface area contributed by atoms with Crippen molar-refractivity contribution in [2.75, 3.05) is 6.54 Å². The molecule has 0 aliphatic heterocycles. The highest BCUT2D eigenvalue weighted by atomic mass is 16.5. The number of rotatable bonds is 7. The molecule has 0 saturated carbocycles. The van der Waals surface area contributed by atoms with Crippen LogP contribution in [-0.2, 0) is 11.2 Å². The van der Waals surface area contributed by atoms with Gasteiger partial charge in [-0.05, 0) is 30.5 Å². The number of benzene rings is 1. The number of allylic oxidation sites excluding steroid dienone is 1. The molecule has 0 atom stereocenters. The normalized spacial score (nSPS) is 9.83. The highest BCUT2D eigenvalue weighted by molar-refractivity contribution is 5.74. The number of phenols is 1. The second kappa shape index (κ2) is 7.34. The van der Waals surface area contributed by atoms with Gasteiger partial charge < -0.3 is 10.4 Å². The topological polar surface area (TPSA) is 81.6 Å². The molecule has 0 unspecified atom stereocenters. The van der Waals surface area contributed by atoms with Crippen molar-refractivity contribution < 1.29 is 15.1 Å². The smallest absolute Gasteiger partial charge is 0.243 e. The average molecular weight is 250 g/mol. The second-order valence-corrected chi connectivity index (χ2v) is 3.98. The van der Waals surface area contributed by atoms with Crippen LogP contribution in [0.2, 0.25) is 0 Å². The summed E-state index contributed by atoms with van der Waals surface area (Å²) in [6.45, 7) is 4.51. The first-order valence-corrected chi connectivity index (χ1v) is 5.74. The summed E-state index contributed by atoms with van der Waals surface area (Å²) in [5.41, 5.74) is 3.45. The van der Waals surface area contributed by atoms with Crippen molar-refractivity contribution in [3.05, 3.63) is 42.1 Å². The van der Waals surface area contributed by atoms with Gasteiger partial charge in [0.05, 0.1) is 0 Å². The van der Waals surface area contributed by atoms with E-state index in [-0.39, 0.29) is 12.2 Å². The predicted octanol–water partition coefficient (Wildman–Crippen LogP) is 1.32. The Balaban J connectivity index is 2.19. The van der Waals surface area contributed by atoms with Gasteiger partial charge in [0.1, 0.15) is 5.75 Å². The quantitative estimate of drug-likeness (QED) is 0.434. The van der Waals surface area contributed by atoms with Gasteiger partial charge in [0.25, 0.3) is 0 Å². The molecular formula is C13H18N2O3. The summed E-state index contributed by atoms with van der Waals surface area (Å²) < 4.78 is 0. The first-order valence-electron chi connectivity index (χ1n) is 5.74. The van der Waals surface area contributed by atoms with Crippen LogP contribution in [0.3, 0.4) is 0 Å². The minimum absolute atomic E-state index is 0.210. The molecule has 0 fully saturated rings. The van der Waals surface area contributed by atoms with Crippen molar-refractivity contribution >= 4 is 5.91 Å².